The molecule has 0 radical (unpaired) electrons. The summed E-state index contributed by atoms with van der Waals surface area (Å²) in [6, 6.07) is 1.88. The first-order valence-corrected chi connectivity index (χ1v) is 7.12. The molecule has 7 heteroatoms. The van der Waals surface area contributed by atoms with Crippen LogP contribution < -0.4 is 10.0 Å². The Labute approximate surface area is 102 Å². The Morgan fingerprint density at radius 3 is 2.76 bits per heavy atom. The third kappa shape index (κ3) is 4.10. The Balaban J connectivity index is 2.43. The highest BCUT2D eigenvalue weighted by Crippen LogP contribution is 1.99. The van der Waals surface area contributed by atoms with Crippen molar-refractivity contribution >= 4 is 10.0 Å². The van der Waals surface area contributed by atoms with E-state index in [-0.39, 0.29) is 0 Å². The molecule has 6 nitrogen and oxygen atoms in total. The Kier molecular flexibility index (Phi) is 5.10. The number of nitrogens with one attached hydrogen (secondary N) is 2. The van der Waals surface area contributed by atoms with E-state index in [1.807, 2.05) is 13.1 Å². The van der Waals surface area contributed by atoms with Gasteiger partial charge in [0, 0.05) is 38.4 Å². The Morgan fingerprint density at radius 1 is 1.53 bits per heavy atom. The van der Waals surface area contributed by atoms with Gasteiger partial charge in [0.25, 0.3) is 0 Å². The van der Waals surface area contributed by atoms with Crippen LogP contribution in [0.15, 0.2) is 12.3 Å². The zero-order chi connectivity index (χ0) is 12.9. The molecule has 2 N–H and O–H groups in total. The number of aryl methyl sites for hydroxylation is 1. The first-order valence-electron chi connectivity index (χ1n) is 5.57. The monoisotopic (exact) mass is 260 g/mol. The lowest BCUT2D eigenvalue weighted by Gasteiger charge is -2.13. The maximum Gasteiger partial charge on any atom is 0.215 e. The summed E-state index contributed by atoms with van der Waals surface area (Å²) in [5, 5.41) is 6.45. The minimum absolute atomic E-state index is 0.399. The van der Waals surface area contributed by atoms with Crippen LogP contribution in [-0.4, -0.2) is 43.6 Å². The van der Waals surface area contributed by atoms with Gasteiger partial charge in [0.15, 0.2) is 0 Å². The summed E-state index contributed by atoms with van der Waals surface area (Å²) < 4.78 is 27.9. The Bertz CT molecular complexity index is 441. The number of hydrogen-bond acceptors (Lipinski definition) is 4. The predicted molar refractivity (Wildman–Crippen MR) is 67.2 cm³/mol. The maximum absolute atomic E-state index is 11.8. The van der Waals surface area contributed by atoms with Crippen molar-refractivity contribution in [2.24, 2.45) is 7.05 Å². The van der Waals surface area contributed by atoms with Gasteiger partial charge in [-0.05, 0) is 20.0 Å². The highest BCUT2D eigenvalue weighted by atomic mass is 32.2. The average Bonchev–Trinajstić information content (AvgIpc) is 2.65. The molecular weight excluding hydrogens is 240 g/mol. The molecule has 98 valence electrons. The van der Waals surface area contributed by atoms with Crippen LogP contribution in [0.2, 0.25) is 0 Å². The topological polar surface area (TPSA) is 76.0 Å². The lowest BCUT2D eigenvalue weighted by Crippen LogP contribution is -2.38. The highest BCUT2D eigenvalue weighted by molar-refractivity contribution is 7.90. The van der Waals surface area contributed by atoms with Gasteiger partial charge < -0.3 is 5.32 Å². The SMILES string of the molecule is CNCC(C)S(=O)(=O)NCCc1ccnn1C. The van der Waals surface area contributed by atoms with Crippen LogP contribution >= 0.6 is 0 Å². The molecule has 0 aliphatic carbocycles. The van der Waals surface area contributed by atoms with Crippen molar-refractivity contribution in [1.29, 1.82) is 0 Å². The van der Waals surface area contributed by atoms with E-state index in [1.54, 1.807) is 24.9 Å². The van der Waals surface area contributed by atoms with Crippen molar-refractivity contribution in [2.45, 2.75) is 18.6 Å². The molecule has 1 unspecified atom stereocenters. The van der Waals surface area contributed by atoms with E-state index >= 15 is 0 Å². The van der Waals surface area contributed by atoms with Crippen molar-refractivity contribution in [3.05, 3.63) is 18.0 Å². The summed E-state index contributed by atoms with van der Waals surface area (Å²) >= 11 is 0. The summed E-state index contributed by atoms with van der Waals surface area (Å²) in [5.74, 6) is 0. The van der Waals surface area contributed by atoms with Gasteiger partial charge in [-0.2, -0.15) is 5.10 Å². The minimum Gasteiger partial charge on any atom is -0.318 e. The lowest BCUT2D eigenvalue weighted by molar-refractivity contribution is 0.562. The Hall–Kier alpha value is -0.920. The molecule has 1 aromatic heterocycles. The zero-order valence-electron chi connectivity index (χ0n) is 10.5. The lowest BCUT2D eigenvalue weighted by atomic mass is 10.3. The third-order valence-corrected chi connectivity index (χ3v) is 4.46. The van der Waals surface area contributed by atoms with Gasteiger partial charge >= 0.3 is 0 Å². The molecule has 0 bridgehead atoms. The van der Waals surface area contributed by atoms with Gasteiger partial charge in [-0.25, -0.2) is 13.1 Å². The summed E-state index contributed by atoms with van der Waals surface area (Å²) in [7, 11) is 0.348. The van der Waals surface area contributed by atoms with Gasteiger partial charge in [0.05, 0.1) is 5.25 Å². The normalized spacial score (nSPS) is 13.8. The van der Waals surface area contributed by atoms with Gasteiger partial charge in [0.1, 0.15) is 0 Å². The first kappa shape index (κ1) is 14.1. The second kappa shape index (κ2) is 6.13. The number of rotatable bonds is 7. The van der Waals surface area contributed by atoms with Crippen molar-refractivity contribution in [3.63, 3.8) is 0 Å². The molecule has 1 rings (SSSR count). The van der Waals surface area contributed by atoms with Crippen molar-refractivity contribution in [1.82, 2.24) is 19.8 Å². The molecule has 0 aliphatic rings. The number of hydrogen-bond donors (Lipinski definition) is 2. The molecule has 0 spiro atoms. The van der Waals surface area contributed by atoms with E-state index in [4.69, 9.17) is 0 Å². The molecule has 1 aromatic rings. The van der Waals surface area contributed by atoms with Crippen molar-refractivity contribution < 1.29 is 8.42 Å². The minimum atomic E-state index is -3.23. The second-order valence-corrected chi connectivity index (χ2v) is 6.19. The van der Waals surface area contributed by atoms with E-state index in [1.165, 1.54) is 0 Å². The van der Waals surface area contributed by atoms with Crippen LogP contribution in [0.25, 0.3) is 0 Å². The van der Waals surface area contributed by atoms with E-state index < -0.39 is 15.3 Å². The number of nitrogens with zero attached hydrogens (tertiary/aromatic N) is 2. The number of aromatic nitrogens is 2. The molecule has 1 atom stereocenters. The molecule has 0 aliphatic heterocycles. The first-order chi connectivity index (χ1) is 7.97. The summed E-state index contributed by atoms with van der Waals surface area (Å²) in [4.78, 5) is 0. The molecule has 1 heterocycles. The van der Waals surface area contributed by atoms with Gasteiger partial charge in [-0.3, -0.25) is 4.68 Å². The standard InChI is InChI=1S/C10H20N4O2S/c1-9(8-11-2)17(15,16)13-7-5-10-4-6-12-14(10)3/h4,6,9,11,13H,5,7-8H2,1-3H3. The van der Waals surface area contributed by atoms with E-state index in [0.29, 0.717) is 19.5 Å². The molecule has 0 aromatic carbocycles. The Morgan fingerprint density at radius 2 is 2.24 bits per heavy atom. The molecular formula is C10H20N4O2S. The van der Waals surface area contributed by atoms with Gasteiger partial charge in [-0.1, -0.05) is 0 Å². The summed E-state index contributed by atoms with van der Waals surface area (Å²) in [6.45, 7) is 2.53. The van der Waals surface area contributed by atoms with Crippen LogP contribution in [0.1, 0.15) is 12.6 Å². The fourth-order valence-electron chi connectivity index (χ4n) is 1.51. The van der Waals surface area contributed by atoms with E-state index in [2.05, 4.69) is 15.1 Å². The maximum atomic E-state index is 11.8. The summed E-state index contributed by atoms with van der Waals surface area (Å²) in [6.07, 6.45) is 2.34. The molecule has 0 fully saturated rings. The van der Waals surface area contributed by atoms with Crippen LogP contribution in [0, 0.1) is 0 Å². The zero-order valence-corrected chi connectivity index (χ0v) is 11.3. The van der Waals surface area contributed by atoms with Gasteiger partial charge in [-0.15, -0.1) is 0 Å². The largest absolute Gasteiger partial charge is 0.318 e. The second-order valence-electron chi connectivity index (χ2n) is 4.00. The van der Waals surface area contributed by atoms with E-state index in [0.717, 1.165) is 5.69 Å². The molecule has 0 saturated carbocycles. The third-order valence-electron chi connectivity index (χ3n) is 2.63. The van der Waals surface area contributed by atoms with Crippen molar-refractivity contribution in [2.75, 3.05) is 20.1 Å². The van der Waals surface area contributed by atoms with E-state index in [9.17, 15) is 8.42 Å². The molecule has 17 heavy (non-hydrogen) atoms. The fraction of sp³-hybridized carbons (Fsp3) is 0.700. The molecule has 0 amide bonds. The smallest absolute Gasteiger partial charge is 0.215 e. The highest BCUT2D eigenvalue weighted by Gasteiger charge is 2.18. The molecule has 0 saturated heterocycles. The summed E-state index contributed by atoms with van der Waals surface area (Å²) in [5.41, 5.74) is 1.01. The van der Waals surface area contributed by atoms with Crippen LogP contribution in [-0.2, 0) is 23.5 Å². The average molecular weight is 260 g/mol. The van der Waals surface area contributed by atoms with Crippen LogP contribution in [0.3, 0.4) is 0 Å². The van der Waals surface area contributed by atoms with Crippen molar-refractivity contribution in [3.8, 4) is 0 Å². The van der Waals surface area contributed by atoms with Gasteiger partial charge in [0.2, 0.25) is 10.0 Å². The van der Waals surface area contributed by atoms with Crippen LogP contribution in [0.4, 0.5) is 0 Å². The fourth-order valence-corrected chi connectivity index (χ4v) is 2.56. The van der Waals surface area contributed by atoms with Crippen LogP contribution in [0.5, 0.6) is 0 Å². The predicted octanol–water partition coefficient (Wildman–Crippen LogP) is -0.510. The quantitative estimate of drug-likeness (QED) is 0.692. The number of sulfonamides is 1.